The fourth-order valence-electron chi connectivity index (χ4n) is 2.12. The lowest BCUT2D eigenvalue weighted by Crippen LogP contribution is -2.02. The van der Waals surface area contributed by atoms with Crippen LogP contribution in [0.15, 0.2) is 24.4 Å². The first kappa shape index (κ1) is 11.0. The van der Waals surface area contributed by atoms with E-state index in [1.807, 2.05) is 12.1 Å². The molecule has 0 aliphatic heterocycles. The highest BCUT2D eigenvalue weighted by molar-refractivity contribution is 5.87. The van der Waals surface area contributed by atoms with Crippen LogP contribution < -0.4 is 11.5 Å². The third-order valence-electron chi connectivity index (χ3n) is 2.91. The van der Waals surface area contributed by atoms with Crippen molar-refractivity contribution >= 4 is 16.6 Å². The molecule has 0 saturated heterocycles. The van der Waals surface area contributed by atoms with Crippen molar-refractivity contribution in [3.8, 4) is 0 Å². The molecule has 2 rings (SSSR count). The predicted octanol–water partition coefficient (Wildman–Crippen LogP) is 2.31. The highest BCUT2D eigenvalue weighted by atomic mass is 15.0. The first-order valence-electron chi connectivity index (χ1n) is 5.72. The zero-order valence-corrected chi connectivity index (χ0v) is 9.90. The molecule has 1 aromatic carbocycles. The third-order valence-corrected chi connectivity index (χ3v) is 2.91. The van der Waals surface area contributed by atoms with E-state index in [4.69, 9.17) is 11.5 Å². The summed E-state index contributed by atoms with van der Waals surface area (Å²) >= 11 is 0. The average molecular weight is 217 g/mol. The molecule has 0 radical (unpaired) electrons. The average Bonchev–Trinajstić information content (AvgIpc) is 2.58. The van der Waals surface area contributed by atoms with E-state index in [9.17, 15) is 0 Å². The molecule has 0 bridgehead atoms. The Bertz CT molecular complexity index is 497. The summed E-state index contributed by atoms with van der Waals surface area (Å²) in [6.45, 7) is 5.04. The maximum atomic E-state index is 5.83. The lowest BCUT2D eigenvalue weighted by atomic mass is 10.1. The Morgan fingerprint density at radius 3 is 2.69 bits per heavy atom. The highest BCUT2D eigenvalue weighted by Gasteiger charge is 2.09. The van der Waals surface area contributed by atoms with Crippen LogP contribution in [-0.4, -0.2) is 11.1 Å². The molecule has 1 aromatic heterocycles. The van der Waals surface area contributed by atoms with Crippen molar-refractivity contribution in [1.82, 2.24) is 4.57 Å². The van der Waals surface area contributed by atoms with Gasteiger partial charge in [-0.1, -0.05) is 0 Å². The SMILES string of the molecule is CC(C)n1cc(CCN)c2cc(N)ccc21. The number of aromatic nitrogens is 1. The minimum absolute atomic E-state index is 0.456. The van der Waals surface area contributed by atoms with Gasteiger partial charge in [0.2, 0.25) is 0 Å². The van der Waals surface area contributed by atoms with E-state index >= 15 is 0 Å². The van der Waals surface area contributed by atoms with Crippen LogP contribution in [-0.2, 0) is 6.42 Å². The number of rotatable bonds is 3. The van der Waals surface area contributed by atoms with E-state index in [0.717, 1.165) is 12.1 Å². The third kappa shape index (κ3) is 1.78. The summed E-state index contributed by atoms with van der Waals surface area (Å²) in [4.78, 5) is 0. The molecule has 86 valence electrons. The molecule has 0 aliphatic rings. The highest BCUT2D eigenvalue weighted by Crippen LogP contribution is 2.26. The molecule has 0 atom stereocenters. The number of nitrogens with zero attached hydrogens (tertiary/aromatic N) is 1. The Morgan fingerprint density at radius 2 is 2.06 bits per heavy atom. The molecule has 0 amide bonds. The number of nitrogens with two attached hydrogens (primary N) is 2. The maximum absolute atomic E-state index is 5.83. The molecule has 0 spiro atoms. The Labute approximate surface area is 96.0 Å². The molecule has 4 N–H and O–H groups in total. The normalized spacial score (nSPS) is 11.5. The molecular weight excluding hydrogens is 198 g/mol. The van der Waals surface area contributed by atoms with Gasteiger partial charge >= 0.3 is 0 Å². The Kier molecular flexibility index (Phi) is 2.88. The quantitative estimate of drug-likeness (QED) is 0.775. The summed E-state index contributed by atoms with van der Waals surface area (Å²) in [5.74, 6) is 0. The topological polar surface area (TPSA) is 57.0 Å². The molecule has 16 heavy (non-hydrogen) atoms. The van der Waals surface area contributed by atoms with Crippen molar-refractivity contribution in [2.75, 3.05) is 12.3 Å². The molecule has 0 fully saturated rings. The standard InChI is InChI=1S/C13H19N3/c1-9(2)16-8-10(5-6-14)12-7-11(15)3-4-13(12)16/h3-4,7-9H,5-6,14-15H2,1-2H3. The summed E-state index contributed by atoms with van der Waals surface area (Å²) in [6.07, 6.45) is 3.10. The molecule has 0 unspecified atom stereocenters. The van der Waals surface area contributed by atoms with Gasteiger partial charge in [-0.05, 0) is 50.6 Å². The van der Waals surface area contributed by atoms with E-state index in [1.165, 1.54) is 16.5 Å². The number of fused-ring (bicyclic) bond motifs is 1. The lowest BCUT2D eigenvalue weighted by Gasteiger charge is -2.08. The number of benzene rings is 1. The van der Waals surface area contributed by atoms with Crippen LogP contribution in [0, 0.1) is 0 Å². The minimum atomic E-state index is 0.456. The van der Waals surface area contributed by atoms with Gasteiger partial charge in [-0.15, -0.1) is 0 Å². The van der Waals surface area contributed by atoms with Crippen LogP contribution in [0.3, 0.4) is 0 Å². The molecule has 2 aromatic rings. The molecule has 0 saturated carbocycles. The van der Waals surface area contributed by atoms with Crippen molar-refractivity contribution in [2.45, 2.75) is 26.3 Å². The molecule has 3 nitrogen and oxygen atoms in total. The number of anilines is 1. The largest absolute Gasteiger partial charge is 0.399 e. The molecule has 3 heteroatoms. The van der Waals surface area contributed by atoms with E-state index in [0.29, 0.717) is 12.6 Å². The number of hydrogen-bond donors (Lipinski definition) is 2. The summed E-state index contributed by atoms with van der Waals surface area (Å²) in [7, 11) is 0. The van der Waals surface area contributed by atoms with Gasteiger partial charge in [0, 0.05) is 28.8 Å². The van der Waals surface area contributed by atoms with Gasteiger partial charge in [0.15, 0.2) is 0 Å². The summed E-state index contributed by atoms with van der Waals surface area (Å²) in [5.41, 5.74) is 14.8. The van der Waals surface area contributed by atoms with E-state index in [-0.39, 0.29) is 0 Å². The van der Waals surface area contributed by atoms with Crippen molar-refractivity contribution in [2.24, 2.45) is 5.73 Å². The van der Waals surface area contributed by atoms with Crippen LogP contribution in [0.2, 0.25) is 0 Å². The number of hydrogen-bond acceptors (Lipinski definition) is 2. The zero-order valence-electron chi connectivity index (χ0n) is 9.90. The second-order valence-electron chi connectivity index (χ2n) is 4.47. The van der Waals surface area contributed by atoms with Gasteiger partial charge in [0.25, 0.3) is 0 Å². The van der Waals surface area contributed by atoms with Crippen LogP contribution >= 0.6 is 0 Å². The van der Waals surface area contributed by atoms with Gasteiger partial charge in [0.1, 0.15) is 0 Å². The van der Waals surface area contributed by atoms with Gasteiger partial charge < -0.3 is 16.0 Å². The van der Waals surface area contributed by atoms with Gasteiger partial charge in [0.05, 0.1) is 0 Å². The summed E-state index contributed by atoms with van der Waals surface area (Å²) < 4.78 is 2.28. The molecule has 0 aliphatic carbocycles. The van der Waals surface area contributed by atoms with Crippen LogP contribution in [0.1, 0.15) is 25.5 Å². The predicted molar refractivity (Wildman–Crippen MR) is 69.5 cm³/mol. The van der Waals surface area contributed by atoms with Crippen molar-refractivity contribution in [3.63, 3.8) is 0 Å². The van der Waals surface area contributed by atoms with Crippen molar-refractivity contribution < 1.29 is 0 Å². The first-order valence-corrected chi connectivity index (χ1v) is 5.72. The van der Waals surface area contributed by atoms with Gasteiger partial charge in [-0.3, -0.25) is 0 Å². The van der Waals surface area contributed by atoms with E-state index in [1.54, 1.807) is 0 Å². The van der Waals surface area contributed by atoms with Crippen LogP contribution in [0.4, 0.5) is 5.69 Å². The lowest BCUT2D eigenvalue weighted by molar-refractivity contribution is 0.621. The second-order valence-corrected chi connectivity index (χ2v) is 4.47. The van der Waals surface area contributed by atoms with Gasteiger partial charge in [-0.2, -0.15) is 0 Å². The minimum Gasteiger partial charge on any atom is -0.399 e. The summed E-state index contributed by atoms with van der Waals surface area (Å²) in [5, 5.41) is 1.24. The zero-order chi connectivity index (χ0) is 11.7. The fourth-order valence-corrected chi connectivity index (χ4v) is 2.12. The van der Waals surface area contributed by atoms with Crippen LogP contribution in [0.25, 0.3) is 10.9 Å². The Balaban J connectivity index is 2.66. The summed E-state index contributed by atoms with van der Waals surface area (Å²) in [6, 6.07) is 6.54. The van der Waals surface area contributed by atoms with Crippen molar-refractivity contribution in [1.29, 1.82) is 0 Å². The van der Waals surface area contributed by atoms with Crippen molar-refractivity contribution in [3.05, 3.63) is 30.0 Å². The molecular formula is C13H19N3. The maximum Gasteiger partial charge on any atom is 0.0487 e. The number of nitrogen functional groups attached to an aromatic ring is 1. The smallest absolute Gasteiger partial charge is 0.0487 e. The van der Waals surface area contributed by atoms with Gasteiger partial charge in [-0.25, -0.2) is 0 Å². The fraction of sp³-hybridized carbons (Fsp3) is 0.385. The van der Waals surface area contributed by atoms with E-state index < -0.39 is 0 Å². The van der Waals surface area contributed by atoms with E-state index in [2.05, 4.69) is 30.7 Å². The second kappa shape index (κ2) is 4.18. The Morgan fingerprint density at radius 1 is 1.31 bits per heavy atom. The molecule has 1 heterocycles. The Hall–Kier alpha value is -1.48. The monoisotopic (exact) mass is 217 g/mol. The van der Waals surface area contributed by atoms with Crippen LogP contribution in [0.5, 0.6) is 0 Å². The first-order chi connectivity index (χ1) is 7.63.